The van der Waals surface area contributed by atoms with Gasteiger partial charge in [0.1, 0.15) is 25.0 Å². The van der Waals surface area contributed by atoms with Gasteiger partial charge in [-0.05, 0) is 32.4 Å². The number of esters is 1. The number of imide groups is 1. The molecule has 9 nitrogen and oxygen atoms in total. The summed E-state index contributed by atoms with van der Waals surface area (Å²) in [6.45, 7) is 5.18. The summed E-state index contributed by atoms with van der Waals surface area (Å²) in [6, 6.07) is 7.26. The summed E-state index contributed by atoms with van der Waals surface area (Å²) >= 11 is 0. The lowest BCUT2D eigenvalue weighted by Gasteiger charge is -2.43. The van der Waals surface area contributed by atoms with Gasteiger partial charge in [0.25, 0.3) is 5.91 Å². The molecule has 9 heteroatoms. The van der Waals surface area contributed by atoms with E-state index in [1.54, 1.807) is 14.0 Å². The molecule has 3 saturated heterocycles. The molecule has 156 valence electrons. The van der Waals surface area contributed by atoms with E-state index < -0.39 is 24.2 Å². The Morgan fingerprint density at radius 2 is 1.93 bits per heavy atom. The first-order chi connectivity index (χ1) is 13.9. The van der Waals surface area contributed by atoms with Gasteiger partial charge in [-0.3, -0.25) is 24.7 Å². The van der Waals surface area contributed by atoms with E-state index in [4.69, 9.17) is 4.74 Å². The van der Waals surface area contributed by atoms with Crippen LogP contribution in [0.4, 0.5) is 10.5 Å². The molecule has 29 heavy (non-hydrogen) atoms. The highest BCUT2D eigenvalue weighted by Crippen LogP contribution is 2.33. The number of amides is 3. The van der Waals surface area contributed by atoms with Crippen molar-refractivity contribution in [3.8, 4) is 0 Å². The topological polar surface area (TPSA) is 85.4 Å². The number of carbonyl (C=O) groups is 3. The summed E-state index contributed by atoms with van der Waals surface area (Å²) in [6.07, 6.45) is 0.269. The van der Waals surface area contributed by atoms with Crippen molar-refractivity contribution in [2.45, 2.75) is 38.8 Å². The molecule has 0 bridgehead atoms. The minimum Gasteiger partial charge on any atom is -0.465 e. The molecule has 0 spiro atoms. The average Bonchev–Trinajstić information content (AvgIpc) is 3.10. The fourth-order valence-corrected chi connectivity index (χ4v) is 4.40. The Hall–Kier alpha value is -2.65. The molecule has 3 aliphatic heterocycles. The highest BCUT2D eigenvalue weighted by molar-refractivity contribution is 6.02. The summed E-state index contributed by atoms with van der Waals surface area (Å²) in [7, 11) is 1.66. The van der Waals surface area contributed by atoms with Gasteiger partial charge in [0.2, 0.25) is 0 Å². The highest BCUT2D eigenvalue weighted by atomic mass is 16.5. The number of anilines is 1. The van der Waals surface area contributed by atoms with Gasteiger partial charge < -0.3 is 14.5 Å². The number of carbonyl (C=O) groups excluding carboxylic acids is 3. The van der Waals surface area contributed by atoms with Crippen molar-refractivity contribution in [3.63, 3.8) is 0 Å². The first-order valence-electron chi connectivity index (χ1n) is 10.0. The molecule has 3 atom stereocenters. The van der Waals surface area contributed by atoms with Crippen LogP contribution < -0.4 is 10.2 Å². The van der Waals surface area contributed by atoms with Crippen LogP contribution in [0.1, 0.15) is 18.9 Å². The number of ether oxygens (including phenoxy) is 1. The number of fused-ring (bicyclic) bond motifs is 3. The second kappa shape index (κ2) is 7.64. The monoisotopic (exact) mass is 401 g/mol. The molecule has 1 aromatic carbocycles. The number of aryl methyl sites for hydroxylation is 1. The van der Waals surface area contributed by atoms with E-state index in [9.17, 15) is 14.4 Å². The zero-order valence-corrected chi connectivity index (χ0v) is 17.0. The number of likely N-dealkylation sites (N-methyl/N-ethyl adjacent to an activating group) is 1. The highest BCUT2D eigenvalue weighted by Gasteiger charge is 2.56. The largest absolute Gasteiger partial charge is 0.465 e. The fraction of sp³-hybridized carbons (Fsp3) is 0.550. The third-order valence-corrected chi connectivity index (χ3v) is 5.83. The maximum Gasteiger partial charge on any atom is 0.328 e. The number of nitrogens with one attached hydrogen (secondary N) is 1. The van der Waals surface area contributed by atoms with Crippen LogP contribution in [0.2, 0.25) is 0 Å². The van der Waals surface area contributed by atoms with Gasteiger partial charge in [-0.15, -0.1) is 0 Å². The molecule has 0 aliphatic carbocycles. The van der Waals surface area contributed by atoms with Crippen molar-refractivity contribution in [3.05, 3.63) is 29.8 Å². The molecule has 1 N–H and O–H groups in total. The summed E-state index contributed by atoms with van der Waals surface area (Å²) in [5.41, 5.74) is 2.26. The number of rotatable bonds is 4. The van der Waals surface area contributed by atoms with Crippen LogP contribution in [0, 0.1) is 6.92 Å². The third kappa shape index (κ3) is 3.34. The van der Waals surface area contributed by atoms with Crippen LogP contribution in [-0.4, -0.2) is 84.4 Å². The molecule has 0 aromatic heterocycles. The van der Waals surface area contributed by atoms with Crippen molar-refractivity contribution in [2.24, 2.45) is 0 Å². The molecule has 3 aliphatic rings. The van der Waals surface area contributed by atoms with Crippen LogP contribution in [0.5, 0.6) is 0 Å². The van der Waals surface area contributed by atoms with Gasteiger partial charge in [-0.2, -0.15) is 0 Å². The Morgan fingerprint density at radius 3 is 2.62 bits per heavy atom. The normalized spacial score (nSPS) is 27.1. The fourth-order valence-electron chi connectivity index (χ4n) is 4.40. The van der Waals surface area contributed by atoms with Gasteiger partial charge >= 0.3 is 12.0 Å². The quantitative estimate of drug-likeness (QED) is 0.738. The number of benzene rings is 1. The Kier molecular flexibility index (Phi) is 5.18. The molecular weight excluding hydrogens is 374 g/mol. The van der Waals surface area contributed by atoms with Crippen LogP contribution in [0.25, 0.3) is 0 Å². The Morgan fingerprint density at radius 1 is 1.21 bits per heavy atom. The minimum absolute atomic E-state index is 0.191. The van der Waals surface area contributed by atoms with Gasteiger partial charge in [0.05, 0.1) is 6.61 Å². The van der Waals surface area contributed by atoms with E-state index in [0.717, 1.165) is 30.1 Å². The maximum atomic E-state index is 13.2. The Labute approximate surface area is 170 Å². The van der Waals surface area contributed by atoms with Crippen LogP contribution in [-0.2, 0) is 14.3 Å². The van der Waals surface area contributed by atoms with Crippen molar-refractivity contribution in [2.75, 3.05) is 38.2 Å². The molecule has 1 aromatic rings. The van der Waals surface area contributed by atoms with E-state index in [0.29, 0.717) is 0 Å². The van der Waals surface area contributed by atoms with E-state index in [1.165, 1.54) is 10.5 Å². The summed E-state index contributed by atoms with van der Waals surface area (Å²) in [4.78, 5) is 44.7. The van der Waals surface area contributed by atoms with E-state index in [-0.39, 0.29) is 25.3 Å². The van der Waals surface area contributed by atoms with Crippen molar-refractivity contribution in [1.29, 1.82) is 0 Å². The SMILES string of the molecule is CCOC(=O)CN1C(=O)C2C(NC3N(c4ccc(C)cc4)CCCN23)N(C)C1=O. The van der Waals surface area contributed by atoms with Gasteiger partial charge in [-0.25, -0.2) is 4.79 Å². The van der Waals surface area contributed by atoms with Crippen LogP contribution in [0.3, 0.4) is 0 Å². The molecule has 4 rings (SSSR count). The van der Waals surface area contributed by atoms with Gasteiger partial charge in [-0.1, -0.05) is 17.7 Å². The van der Waals surface area contributed by atoms with Crippen LogP contribution >= 0.6 is 0 Å². The average molecular weight is 401 g/mol. The molecule has 3 unspecified atom stereocenters. The first-order valence-corrected chi connectivity index (χ1v) is 10.0. The first kappa shape index (κ1) is 19.7. The van der Waals surface area contributed by atoms with Crippen molar-refractivity contribution in [1.82, 2.24) is 20.0 Å². The van der Waals surface area contributed by atoms with Gasteiger partial charge in [0.15, 0.2) is 0 Å². The zero-order chi connectivity index (χ0) is 20.7. The number of urea groups is 1. The predicted octanol–water partition coefficient (Wildman–Crippen LogP) is 0.546. The molecule has 3 amide bonds. The molecule has 0 saturated carbocycles. The second-order valence-electron chi connectivity index (χ2n) is 7.67. The summed E-state index contributed by atoms with van der Waals surface area (Å²) in [5, 5.41) is 3.46. The van der Waals surface area contributed by atoms with Crippen molar-refractivity contribution >= 4 is 23.6 Å². The smallest absolute Gasteiger partial charge is 0.328 e. The lowest BCUT2D eigenvalue weighted by atomic mass is 10.1. The lowest BCUT2D eigenvalue weighted by molar-refractivity contribution is -0.151. The minimum atomic E-state index is -0.580. The summed E-state index contributed by atoms with van der Waals surface area (Å²) < 4.78 is 4.94. The molecule has 0 radical (unpaired) electrons. The number of hydrogen-bond acceptors (Lipinski definition) is 7. The Bertz CT molecular complexity index is 814. The third-order valence-electron chi connectivity index (χ3n) is 5.83. The van der Waals surface area contributed by atoms with Crippen LogP contribution in [0.15, 0.2) is 24.3 Å². The van der Waals surface area contributed by atoms with Crippen molar-refractivity contribution < 1.29 is 19.1 Å². The summed E-state index contributed by atoms with van der Waals surface area (Å²) in [5.74, 6) is -0.935. The maximum absolute atomic E-state index is 13.2. The lowest BCUT2D eigenvalue weighted by Crippen LogP contribution is -2.67. The van der Waals surface area contributed by atoms with E-state index in [2.05, 4.69) is 39.4 Å². The van der Waals surface area contributed by atoms with Gasteiger partial charge in [0, 0.05) is 25.8 Å². The zero-order valence-electron chi connectivity index (χ0n) is 17.0. The molecular formula is C20H27N5O4. The predicted molar refractivity (Wildman–Crippen MR) is 106 cm³/mol. The van der Waals surface area contributed by atoms with E-state index >= 15 is 0 Å². The van der Waals surface area contributed by atoms with E-state index in [1.807, 2.05) is 6.92 Å². The molecule has 3 heterocycles. The number of nitrogens with zero attached hydrogens (tertiary/aromatic N) is 4. The second-order valence-corrected chi connectivity index (χ2v) is 7.67. The standard InChI is InChI=1S/C20H27N5O4/c1-4-29-15(26)12-25-18(27)16-17(22(3)20(25)28)21-19-23(10-5-11-24(16)19)14-8-6-13(2)7-9-14/h6-9,16-17,19,21H,4-5,10-12H2,1-3H3. The molecule has 3 fully saturated rings. The number of hydrogen-bond donors (Lipinski definition) is 1. The Balaban J connectivity index is 1.60.